The van der Waals surface area contributed by atoms with Crippen molar-refractivity contribution >= 4 is 55.0 Å². The van der Waals surface area contributed by atoms with Gasteiger partial charge in [-0.1, -0.05) is 0 Å². The first-order valence-electron chi connectivity index (χ1n) is 1.33. The molecule has 12 radical (unpaired) electrons. The quantitative estimate of drug-likeness (QED) is 0.298. The first-order chi connectivity index (χ1) is 4.00. The van der Waals surface area contributed by atoms with E-state index < -0.39 is 0 Å². The van der Waals surface area contributed by atoms with Crippen molar-refractivity contribution < 1.29 is 103 Å². The van der Waals surface area contributed by atoms with Gasteiger partial charge < -0.3 is 54.5 Å². The van der Waals surface area contributed by atoms with Crippen LogP contribution in [0.2, 0.25) is 0 Å². The average Bonchev–Trinajstić information content (AvgIpc) is 2.03. The van der Waals surface area contributed by atoms with E-state index in [1.54, 1.807) is 0 Å². The summed E-state index contributed by atoms with van der Waals surface area (Å²) in [5.41, 5.74) is 16.0. The Hall–Kier alpha value is 4.14. The molecule has 0 aliphatic carbocycles. The maximum atomic E-state index is 4.00. The predicted molar refractivity (Wildman–Crippen MR) is 45.5 cm³/mol. The molecule has 0 aliphatic rings. The number of hydrogen-bond donors (Lipinski definition) is 4. The van der Waals surface area contributed by atoms with Crippen molar-refractivity contribution in [3.05, 3.63) is 0 Å². The number of rotatable bonds is 0. The van der Waals surface area contributed by atoms with Crippen molar-refractivity contribution in [1.29, 1.82) is 0 Å². The van der Waals surface area contributed by atoms with Gasteiger partial charge in [0.25, 0.3) is 0 Å². The Balaban J connectivity index is -0.00000000356. The van der Waals surface area contributed by atoms with Gasteiger partial charge in [-0.2, -0.15) is 0 Å². The molecule has 0 aromatic rings. The van der Waals surface area contributed by atoms with E-state index in [2.05, 4.69) is 54.5 Å². The van der Waals surface area contributed by atoms with Gasteiger partial charge in [0.05, 0.1) is 0 Å². The Bertz CT molecular complexity index is 20.1. The summed E-state index contributed by atoms with van der Waals surface area (Å²) in [7, 11) is 16.0. The van der Waals surface area contributed by atoms with Gasteiger partial charge >= 0.3 is 126 Å². The van der Waals surface area contributed by atoms with E-state index in [-0.39, 0.29) is 126 Å². The summed E-state index contributed by atoms with van der Waals surface area (Å²) in [6.45, 7) is 0. The van der Waals surface area contributed by atoms with Crippen LogP contribution in [0, 0.1) is 0 Å². The minimum atomic E-state index is 0. The van der Waals surface area contributed by atoms with Gasteiger partial charge in [0.2, 0.25) is 0 Å². The second kappa shape index (κ2) is 142. The van der Waals surface area contributed by atoms with E-state index in [1.807, 2.05) is 0 Å². The summed E-state index contributed by atoms with van der Waals surface area (Å²) in [6.07, 6.45) is 0. The van der Waals surface area contributed by atoms with Crippen LogP contribution in [0.5, 0.6) is 0 Å². The van der Waals surface area contributed by atoms with Crippen molar-refractivity contribution in [1.82, 2.24) is 0 Å². The van der Waals surface area contributed by atoms with Crippen LogP contribution in [0.15, 0.2) is 0 Å². The molecule has 0 fully saturated rings. The summed E-state index contributed by atoms with van der Waals surface area (Å²) in [5, 5.41) is 0. The predicted octanol–water partition coefficient (Wildman–Crippen LogP) is -10.3. The standard InChI is InChI=1S/4BH2N.2K.Mg/c4*1-2;;;/h4*2H2;;;/q4*-1;2*+1;+2. The molecule has 0 saturated carbocycles. The molecule has 0 atom stereocenters. The minimum absolute atomic E-state index is 0. The molecule has 0 rings (SSSR count). The summed E-state index contributed by atoms with van der Waals surface area (Å²) in [4.78, 5) is 0. The van der Waals surface area contributed by atoms with Crippen LogP contribution in [0.1, 0.15) is 0 Å². The molecule has 0 bridgehead atoms. The molecule has 0 amide bonds. The largest absolute Gasteiger partial charge is 2.00 e. The molecule has 0 saturated heterocycles. The molecule has 0 heterocycles. The van der Waals surface area contributed by atoms with Gasteiger partial charge in [0.1, 0.15) is 0 Å². The Labute approximate surface area is 176 Å². The number of hydrogen-bond acceptors (Lipinski definition) is 4. The molecule has 0 aromatic heterocycles. The third-order valence-electron chi connectivity index (χ3n) is 0. The van der Waals surface area contributed by atoms with Crippen LogP contribution >= 0.6 is 0 Å². The van der Waals surface area contributed by atoms with E-state index in [4.69, 9.17) is 0 Å². The normalized spacial score (nSPS) is 2.18. The molecule has 44 valence electrons. The van der Waals surface area contributed by atoms with E-state index in [9.17, 15) is 0 Å². The first kappa shape index (κ1) is 45.7. The zero-order valence-corrected chi connectivity index (χ0v) is 15.0. The fourth-order valence-corrected chi connectivity index (χ4v) is 0. The van der Waals surface area contributed by atoms with E-state index in [0.29, 0.717) is 0 Å². The molecular weight excluding hydrogens is 202 g/mol. The molecule has 0 unspecified atom stereocenters. The van der Waals surface area contributed by atoms with Crippen molar-refractivity contribution in [2.45, 2.75) is 0 Å². The van der Waals surface area contributed by atoms with Gasteiger partial charge in [-0.3, -0.25) is 0 Å². The molecule has 4 nitrogen and oxygen atoms in total. The molecule has 11 heteroatoms. The zero-order chi connectivity index (χ0) is 8.00. The summed E-state index contributed by atoms with van der Waals surface area (Å²) in [6, 6.07) is 0. The zero-order valence-electron chi connectivity index (χ0n) is 7.33. The molecule has 8 N–H and O–H groups in total. The van der Waals surface area contributed by atoms with Gasteiger partial charge in [-0.05, 0) is 0 Å². The first-order valence-corrected chi connectivity index (χ1v) is 1.33. The van der Waals surface area contributed by atoms with Crippen LogP contribution in [-0.2, 0) is 0 Å². The fraction of sp³-hybridized carbons (Fsp3) is 0. The van der Waals surface area contributed by atoms with Crippen molar-refractivity contribution in [2.24, 2.45) is 22.6 Å². The van der Waals surface area contributed by atoms with Gasteiger partial charge in [-0.25, -0.2) is 0 Å². The van der Waals surface area contributed by atoms with Crippen LogP contribution in [0.3, 0.4) is 0 Å². The van der Waals surface area contributed by atoms with E-state index in [0.717, 1.165) is 0 Å². The van der Waals surface area contributed by atoms with Crippen LogP contribution in [-0.4, -0.2) is 55.0 Å². The number of nitrogens with two attached hydrogens (primary N) is 4. The fourth-order valence-electron chi connectivity index (χ4n) is 0. The third-order valence-corrected chi connectivity index (χ3v) is 0. The summed E-state index contributed by atoms with van der Waals surface area (Å²) < 4.78 is 0. The third kappa shape index (κ3) is 122. The smallest absolute Gasteiger partial charge is 0.605 e. The summed E-state index contributed by atoms with van der Waals surface area (Å²) >= 11 is 0. The Morgan fingerprint density at radius 1 is 0.455 bits per heavy atom. The SMILES string of the molecule is [B-]N.[B-]N.[B-]N.[B-]N.[K+].[K+].[Mg+2]. The Kier molecular flexibility index (Phi) is 592. The monoisotopic (exact) mass is 210 g/mol. The Morgan fingerprint density at radius 3 is 0.455 bits per heavy atom. The average molecular weight is 210 g/mol. The Morgan fingerprint density at radius 2 is 0.455 bits per heavy atom. The van der Waals surface area contributed by atoms with E-state index in [1.165, 1.54) is 0 Å². The molecule has 0 aromatic carbocycles. The van der Waals surface area contributed by atoms with Crippen LogP contribution in [0.25, 0.3) is 0 Å². The van der Waals surface area contributed by atoms with Crippen LogP contribution in [0.4, 0.5) is 0 Å². The second-order valence-electron chi connectivity index (χ2n) is 0. The second-order valence-corrected chi connectivity index (χ2v) is 0. The van der Waals surface area contributed by atoms with Gasteiger partial charge in [-0.15, -0.1) is 0 Å². The topological polar surface area (TPSA) is 104 Å². The van der Waals surface area contributed by atoms with Crippen molar-refractivity contribution in [3.8, 4) is 0 Å². The summed E-state index contributed by atoms with van der Waals surface area (Å²) in [5.74, 6) is 0. The molecule has 0 aliphatic heterocycles. The van der Waals surface area contributed by atoms with Crippen molar-refractivity contribution in [2.75, 3.05) is 0 Å². The maximum Gasteiger partial charge on any atom is 2.00 e. The maximum absolute atomic E-state index is 4.00. The minimum Gasteiger partial charge on any atom is -0.605 e. The molecule has 11 heavy (non-hydrogen) atoms. The van der Waals surface area contributed by atoms with Crippen molar-refractivity contribution in [3.63, 3.8) is 0 Å². The van der Waals surface area contributed by atoms with Gasteiger partial charge in [0, 0.05) is 0 Å². The van der Waals surface area contributed by atoms with E-state index >= 15 is 0 Å². The molecular formula is H8B4K2MgN4. The van der Waals surface area contributed by atoms with Gasteiger partial charge in [0.15, 0.2) is 0 Å². The van der Waals surface area contributed by atoms with Crippen LogP contribution < -0.4 is 125 Å². The molecule has 0 spiro atoms.